The Kier molecular flexibility index (Phi) is 2.90. The number of nitrogens with zero attached hydrogens (tertiary/aromatic N) is 2. The van der Waals surface area contributed by atoms with E-state index in [0.717, 1.165) is 32.1 Å². The zero-order valence-corrected chi connectivity index (χ0v) is 7.12. The van der Waals surface area contributed by atoms with Gasteiger partial charge >= 0.3 is 0 Å². The van der Waals surface area contributed by atoms with Gasteiger partial charge in [-0.2, -0.15) is 0 Å². The van der Waals surface area contributed by atoms with Gasteiger partial charge in [-0.3, -0.25) is 10.1 Å². The first-order chi connectivity index (χ1) is 5.70. The molecule has 12 heavy (non-hydrogen) atoms. The van der Waals surface area contributed by atoms with Gasteiger partial charge in [0.05, 0.1) is 4.92 Å². The number of hydrogen-bond acceptors (Lipinski definition) is 4. The van der Waals surface area contributed by atoms with Gasteiger partial charge < -0.3 is 10.2 Å². The van der Waals surface area contributed by atoms with Crippen molar-refractivity contribution >= 4 is 0 Å². The van der Waals surface area contributed by atoms with E-state index in [2.05, 4.69) is 5.32 Å². The second-order valence-electron chi connectivity index (χ2n) is 2.86. The summed E-state index contributed by atoms with van der Waals surface area (Å²) < 4.78 is 0. The molecule has 0 saturated carbocycles. The van der Waals surface area contributed by atoms with E-state index < -0.39 is 4.92 Å². The van der Waals surface area contributed by atoms with Gasteiger partial charge in [-0.1, -0.05) is 0 Å². The summed E-state index contributed by atoms with van der Waals surface area (Å²) in [7, 11) is 1.85. The van der Waals surface area contributed by atoms with Gasteiger partial charge in [-0.05, 0) is 12.8 Å². The van der Waals surface area contributed by atoms with Gasteiger partial charge in [0, 0.05) is 20.1 Å². The molecule has 1 aliphatic heterocycles. The molecule has 68 valence electrons. The maximum Gasteiger partial charge on any atom is 0.274 e. The third-order valence-electron chi connectivity index (χ3n) is 1.87. The third kappa shape index (κ3) is 2.41. The normalized spacial score (nSPS) is 21.8. The molecule has 0 aromatic rings. The molecule has 1 heterocycles. The van der Waals surface area contributed by atoms with Crippen LogP contribution >= 0.6 is 0 Å². The van der Waals surface area contributed by atoms with Gasteiger partial charge in [0.15, 0.2) is 5.82 Å². The van der Waals surface area contributed by atoms with Crippen LogP contribution in [-0.2, 0) is 0 Å². The predicted molar refractivity (Wildman–Crippen MR) is 44.9 cm³/mol. The van der Waals surface area contributed by atoms with Crippen molar-refractivity contribution in [2.75, 3.05) is 20.1 Å². The van der Waals surface area contributed by atoms with E-state index in [1.54, 1.807) is 0 Å². The summed E-state index contributed by atoms with van der Waals surface area (Å²) in [5.74, 6) is 0.609. The number of rotatable bonds is 1. The fraction of sp³-hybridized carbons (Fsp3) is 0.714. The van der Waals surface area contributed by atoms with Crippen molar-refractivity contribution in [2.24, 2.45) is 0 Å². The number of hydrogen-bond donors (Lipinski definition) is 1. The maximum absolute atomic E-state index is 10.2. The zero-order chi connectivity index (χ0) is 8.97. The molecule has 0 atom stereocenters. The summed E-state index contributed by atoms with van der Waals surface area (Å²) in [5, 5.41) is 13.2. The van der Waals surface area contributed by atoms with E-state index in [-0.39, 0.29) is 0 Å². The van der Waals surface area contributed by atoms with Crippen molar-refractivity contribution in [1.82, 2.24) is 10.2 Å². The minimum Gasteiger partial charge on any atom is -0.367 e. The van der Waals surface area contributed by atoms with Crippen LogP contribution in [0, 0.1) is 10.1 Å². The second kappa shape index (κ2) is 3.94. The summed E-state index contributed by atoms with van der Waals surface area (Å²) in [5.41, 5.74) is 0. The molecule has 0 aromatic carbocycles. The number of nitro groups is 1. The standard InChI is InChI=1S/C7H13N3O2/c1-9-5-3-2-4-8-7(9)6-10(11)12/h6,8H,2-5H2,1H3/b7-6+. The molecule has 0 unspecified atom stereocenters. The molecule has 1 aliphatic rings. The molecule has 0 bridgehead atoms. The molecule has 0 aromatic heterocycles. The zero-order valence-electron chi connectivity index (χ0n) is 7.12. The first-order valence-corrected chi connectivity index (χ1v) is 4.00. The maximum atomic E-state index is 10.2. The lowest BCUT2D eigenvalue weighted by Gasteiger charge is -2.16. The van der Waals surface area contributed by atoms with Crippen LogP contribution in [0.5, 0.6) is 0 Å². The van der Waals surface area contributed by atoms with E-state index in [1.807, 2.05) is 11.9 Å². The minimum atomic E-state index is -0.426. The molecular weight excluding hydrogens is 158 g/mol. The summed E-state index contributed by atoms with van der Waals surface area (Å²) in [6.45, 7) is 1.71. The third-order valence-corrected chi connectivity index (χ3v) is 1.87. The quantitative estimate of drug-likeness (QED) is 0.457. The van der Waals surface area contributed by atoms with Crippen molar-refractivity contribution in [3.8, 4) is 0 Å². The van der Waals surface area contributed by atoms with E-state index in [0.29, 0.717) is 5.82 Å². The van der Waals surface area contributed by atoms with Gasteiger partial charge in [0.2, 0.25) is 0 Å². The van der Waals surface area contributed by atoms with Gasteiger partial charge in [-0.25, -0.2) is 0 Å². The van der Waals surface area contributed by atoms with Crippen molar-refractivity contribution in [1.29, 1.82) is 0 Å². The SMILES string of the molecule is CN1CCCCN/C1=C\[N+](=O)[O-]. The first-order valence-electron chi connectivity index (χ1n) is 4.00. The lowest BCUT2D eigenvalue weighted by Crippen LogP contribution is -2.27. The van der Waals surface area contributed by atoms with Crippen LogP contribution in [0.4, 0.5) is 0 Å². The lowest BCUT2D eigenvalue weighted by molar-refractivity contribution is -0.404. The Hall–Kier alpha value is -1.26. The molecule has 1 rings (SSSR count). The largest absolute Gasteiger partial charge is 0.367 e. The van der Waals surface area contributed by atoms with Crippen molar-refractivity contribution in [3.63, 3.8) is 0 Å². The molecule has 5 heteroatoms. The van der Waals surface area contributed by atoms with Crippen molar-refractivity contribution < 1.29 is 4.92 Å². The summed E-state index contributed by atoms with van der Waals surface area (Å²) in [4.78, 5) is 11.6. The molecule has 0 spiro atoms. The summed E-state index contributed by atoms with van der Waals surface area (Å²) in [6.07, 6.45) is 3.17. The van der Waals surface area contributed by atoms with Crippen LogP contribution in [0.25, 0.3) is 0 Å². The van der Waals surface area contributed by atoms with Gasteiger partial charge in [-0.15, -0.1) is 0 Å². The van der Waals surface area contributed by atoms with Crippen LogP contribution in [0.2, 0.25) is 0 Å². The molecule has 1 N–H and O–H groups in total. The second-order valence-corrected chi connectivity index (χ2v) is 2.86. The Balaban J connectivity index is 2.64. The molecule has 0 aliphatic carbocycles. The van der Waals surface area contributed by atoms with Crippen LogP contribution < -0.4 is 5.32 Å². The van der Waals surface area contributed by atoms with Crippen LogP contribution in [-0.4, -0.2) is 30.0 Å². The topological polar surface area (TPSA) is 58.4 Å². The molecule has 0 radical (unpaired) electrons. The fourth-order valence-electron chi connectivity index (χ4n) is 1.19. The predicted octanol–water partition coefficient (Wildman–Crippen LogP) is 0.377. The fourth-order valence-corrected chi connectivity index (χ4v) is 1.19. The molecular formula is C7H13N3O2. The summed E-state index contributed by atoms with van der Waals surface area (Å²) >= 11 is 0. The highest BCUT2D eigenvalue weighted by atomic mass is 16.6. The van der Waals surface area contributed by atoms with E-state index in [1.165, 1.54) is 0 Å². The Labute approximate surface area is 71.2 Å². The van der Waals surface area contributed by atoms with Crippen LogP contribution in [0.15, 0.2) is 12.0 Å². The molecule has 1 fully saturated rings. The Morgan fingerprint density at radius 1 is 1.67 bits per heavy atom. The van der Waals surface area contributed by atoms with Crippen molar-refractivity contribution in [2.45, 2.75) is 12.8 Å². The first kappa shape index (κ1) is 8.83. The molecule has 0 amide bonds. The highest BCUT2D eigenvalue weighted by Gasteiger charge is 2.11. The number of nitrogens with one attached hydrogen (secondary N) is 1. The highest BCUT2D eigenvalue weighted by Crippen LogP contribution is 2.05. The van der Waals surface area contributed by atoms with Crippen LogP contribution in [0.3, 0.4) is 0 Å². The highest BCUT2D eigenvalue weighted by molar-refractivity contribution is 4.94. The smallest absolute Gasteiger partial charge is 0.274 e. The van der Waals surface area contributed by atoms with Crippen molar-refractivity contribution in [3.05, 3.63) is 22.1 Å². The van der Waals surface area contributed by atoms with E-state index in [4.69, 9.17) is 0 Å². The Morgan fingerprint density at radius 2 is 2.42 bits per heavy atom. The van der Waals surface area contributed by atoms with Gasteiger partial charge in [0.25, 0.3) is 6.20 Å². The van der Waals surface area contributed by atoms with E-state index in [9.17, 15) is 10.1 Å². The van der Waals surface area contributed by atoms with Gasteiger partial charge in [0.1, 0.15) is 0 Å². The molecule has 5 nitrogen and oxygen atoms in total. The average molecular weight is 171 g/mol. The Morgan fingerprint density at radius 3 is 3.08 bits per heavy atom. The summed E-state index contributed by atoms with van der Waals surface area (Å²) in [6, 6.07) is 0. The molecule has 1 saturated heterocycles. The minimum absolute atomic E-state index is 0.426. The lowest BCUT2D eigenvalue weighted by atomic mass is 10.3. The van der Waals surface area contributed by atoms with E-state index >= 15 is 0 Å². The average Bonchev–Trinajstić information content (AvgIpc) is 2.16. The monoisotopic (exact) mass is 171 g/mol. The Bertz CT molecular complexity index is 203. The van der Waals surface area contributed by atoms with Crippen LogP contribution in [0.1, 0.15) is 12.8 Å².